The van der Waals surface area contributed by atoms with Gasteiger partial charge in [-0.2, -0.15) is 0 Å². The van der Waals surface area contributed by atoms with Gasteiger partial charge in [-0.3, -0.25) is 0 Å². The van der Waals surface area contributed by atoms with Crippen molar-refractivity contribution in [3.8, 4) is 0 Å². The highest BCUT2D eigenvalue weighted by molar-refractivity contribution is 5.81. The van der Waals surface area contributed by atoms with E-state index in [-0.39, 0.29) is 0 Å². The van der Waals surface area contributed by atoms with E-state index in [1.165, 1.54) is 42.4 Å². The number of nitrogens with zero attached hydrogens (tertiary/aromatic N) is 2. The van der Waals surface area contributed by atoms with Gasteiger partial charge in [0.15, 0.2) is 0 Å². The van der Waals surface area contributed by atoms with Gasteiger partial charge < -0.3 is 9.47 Å². The first-order valence-electron chi connectivity index (χ1n) is 6.50. The molecule has 0 spiro atoms. The van der Waals surface area contributed by atoms with Crippen LogP contribution < -0.4 is 0 Å². The zero-order chi connectivity index (χ0) is 11.8. The van der Waals surface area contributed by atoms with E-state index < -0.39 is 0 Å². The van der Waals surface area contributed by atoms with Crippen molar-refractivity contribution in [2.24, 2.45) is 0 Å². The number of rotatable bonds is 1. The number of aryl methyl sites for hydroxylation is 1. The maximum absolute atomic E-state index is 2.47. The van der Waals surface area contributed by atoms with Gasteiger partial charge in [0.05, 0.1) is 0 Å². The molecule has 2 heteroatoms. The van der Waals surface area contributed by atoms with E-state index in [0.717, 1.165) is 0 Å². The molecule has 1 aromatic heterocycles. The number of benzene rings is 1. The molecule has 0 unspecified atom stereocenters. The predicted octanol–water partition coefficient (Wildman–Crippen LogP) is 3.22. The Bertz CT molecular complexity index is 519. The molecule has 2 nitrogen and oxygen atoms in total. The molecule has 0 bridgehead atoms. The van der Waals surface area contributed by atoms with Crippen molar-refractivity contribution >= 4 is 10.9 Å². The van der Waals surface area contributed by atoms with Gasteiger partial charge in [-0.05, 0) is 63.5 Å². The lowest BCUT2D eigenvalue weighted by molar-refractivity contribution is 0.224. The Morgan fingerprint density at radius 1 is 1.12 bits per heavy atom. The lowest BCUT2D eigenvalue weighted by Gasteiger charge is -2.30. The maximum Gasteiger partial charge on any atom is 0.0483 e. The summed E-state index contributed by atoms with van der Waals surface area (Å²) in [6.45, 7) is 4.60. The number of piperidine rings is 1. The number of hydrogen-bond donors (Lipinski definition) is 0. The second-order valence-corrected chi connectivity index (χ2v) is 5.32. The molecule has 17 heavy (non-hydrogen) atoms. The van der Waals surface area contributed by atoms with Crippen LogP contribution in [0.5, 0.6) is 0 Å². The Morgan fingerprint density at radius 2 is 1.88 bits per heavy atom. The van der Waals surface area contributed by atoms with E-state index in [1.54, 1.807) is 0 Å². The molecule has 0 amide bonds. The van der Waals surface area contributed by atoms with Crippen molar-refractivity contribution in [1.29, 1.82) is 0 Å². The fourth-order valence-corrected chi connectivity index (χ4v) is 2.88. The molecule has 0 N–H and O–H groups in total. The Labute approximate surface area is 103 Å². The molecule has 0 saturated carbocycles. The summed E-state index contributed by atoms with van der Waals surface area (Å²) in [4.78, 5) is 2.42. The minimum atomic E-state index is 0.686. The van der Waals surface area contributed by atoms with E-state index >= 15 is 0 Å². The highest BCUT2D eigenvalue weighted by Crippen LogP contribution is 2.27. The molecule has 0 radical (unpaired) electrons. The van der Waals surface area contributed by atoms with Crippen molar-refractivity contribution in [3.05, 3.63) is 36.0 Å². The molecule has 1 fully saturated rings. The van der Waals surface area contributed by atoms with Gasteiger partial charge in [0.25, 0.3) is 0 Å². The van der Waals surface area contributed by atoms with E-state index in [1.807, 2.05) is 0 Å². The van der Waals surface area contributed by atoms with Crippen LogP contribution in [0.15, 0.2) is 30.5 Å². The van der Waals surface area contributed by atoms with E-state index in [9.17, 15) is 0 Å². The Balaban J connectivity index is 1.95. The third-order valence-corrected chi connectivity index (χ3v) is 3.96. The molecule has 1 saturated heterocycles. The smallest absolute Gasteiger partial charge is 0.0483 e. The van der Waals surface area contributed by atoms with Gasteiger partial charge in [0, 0.05) is 17.8 Å². The van der Waals surface area contributed by atoms with Gasteiger partial charge in [-0.15, -0.1) is 0 Å². The molecule has 2 aromatic rings. The minimum Gasteiger partial charge on any atom is -0.344 e. The third-order valence-electron chi connectivity index (χ3n) is 3.96. The monoisotopic (exact) mass is 228 g/mol. The van der Waals surface area contributed by atoms with Gasteiger partial charge in [-0.1, -0.05) is 11.6 Å². The van der Waals surface area contributed by atoms with E-state index in [4.69, 9.17) is 0 Å². The van der Waals surface area contributed by atoms with Crippen molar-refractivity contribution in [2.45, 2.75) is 25.8 Å². The summed E-state index contributed by atoms with van der Waals surface area (Å²) < 4.78 is 2.47. The minimum absolute atomic E-state index is 0.686. The summed E-state index contributed by atoms with van der Waals surface area (Å²) in [5, 5.41) is 1.38. The number of likely N-dealkylation sites (tertiary alicyclic amines) is 1. The van der Waals surface area contributed by atoms with Crippen molar-refractivity contribution in [2.75, 3.05) is 20.1 Å². The number of aromatic nitrogens is 1. The standard InChI is InChI=1S/C15H20N2/c1-12-3-4-15-13(11-12)5-10-17(15)14-6-8-16(2)9-7-14/h3-5,10-11,14H,6-9H2,1-2H3. The zero-order valence-corrected chi connectivity index (χ0v) is 10.7. The highest BCUT2D eigenvalue weighted by atomic mass is 15.1. The molecule has 1 aromatic carbocycles. The first kappa shape index (κ1) is 10.8. The average Bonchev–Trinajstić information content (AvgIpc) is 2.73. The van der Waals surface area contributed by atoms with Crippen LogP contribution in [0.25, 0.3) is 10.9 Å². The summed E-state index contributed by atoms with van der Waals surface area (Å²) in [6, 6.07) is 9.70. The maximum atomic E-state index is 2.47. The summed E-state index contributed by atoms with van der Waals surface area (Å²) in [7, 11) is 2.22. The van der Waals surface area contributed by atoms with E-state index in [0.29, 0.717) is 6.04 Å². The molecule has 1 aliphatic heterocycles. The predicted molar refractivity (Wildman–Crippen MR) is 72.4 cm³/mol. The fourth-order valence-electron chi connectivity index (χ4n) is 2.88. The first-order chi connectivity index (χ1) is 8.24. The van der Waals surface area contributed by atoms with Crippen molar-refractivity contribution < 1.29 is 0 Å². The van der Waals surface area contributed by atoms with Gasteiger partial charge in [0.2, 0.25) is 0 Å². The second kappa shape index (κ2) is 4.19. The zero-order valence-electron chi connectivity index (χ0n) is 10.7. The van der Waals surface area contributed by atoms with Crippen molar-refractivity contribution in [3.63, 3.8) is 0 Å². The van der Waals surface area contributed by atoms with Crippen LogP contribution in [0.2, 0.25) is 0 Å². The molecular formula is C15H20N2. The van der Waals surface area contributed by atoms with Crippen LogP contribution in [0, 0.1) is 6.92 Å². The quantitative estimate of drug-likeness (QED) is 0.727. The number of hydrogen-bond acceptors (Lipinski definition) is 1. The molecule has 1 aliphatic rings. The lowest BCUT2D eigenvalue weighted by Crippen LogP contribution is -2.31. The highest BCUT2D eigenvalue weighted by Gasteiger charge is 2.18. The number of fused-ring (bicyclic) bond motifs is 1. The van der Waals surface area contributed by atoms with Crippen LogP contribution in [-0.2, 0) is 0 Å². The molecule has 2 heterocycles. The SMILES string of the molecule is Cc1ccc2c(ccn2C2CCN(C)CC2)c1. The molecule has 3 rings (SSSR count). The van der Waals surface area contributed by atoms with Crippen molar-refractivity contribution in [1.82, 2.24) is 9.47 Å². The normalized spacial score (nSPS) is 18.9. The molecule has 90 valence electrons. The summed E-state index contributed by atoms with van der Waals surface area (Å²) in [5.74, 6) is 0. The fraction of sp³-hybridized carbons (Fsp3) is 0.467. The van der Waals surface area contributed by atoms with E-state index in [2.05, 4.69) is 53.9 Å². The largest absolute Gasteiger partial charge is 0.344 e. The molecule has 0 atom stereocenters. The third kappa shape index (κ3) is 1.98. The Morgan fingerprint density at radius 3 is 2.65 bits per heavy atom. The summed E-state index contributed by atoms with van der Waals surface area (Å²) >= 11 is 0. The van der Waals surface area contributed by atoms with Gasteiger partial charge in [0.1, 0.15) is 0 Å². The van der Waals surface area contributed by atoms with Crippen LogP contribution >= 0.6 is 0 Å². The van der Waals surface area contributed by atoms with Crippen LogP contribution in [-0.4, -0.2) is 29.6 Å². The summed E-state index contributed by atoms with van der Waals surface area (Å²) in [5.41, 5.74) is 2.74. The topological polar surface area (TPSA) is 8.17 Å². The average molecular weight is 228 g/mol. The first-order valence-corrected chi connectivity index (χ1v) is 6.50. The second-order valence-electron chi connectivity index (χ2n) is 5.32. The molecule has 0 aliphatic carbocycles. The lowest BCUT2D eigenvalue weighted by atomic mass is 10.1. The van der Waals surface area contributed by atoms with Crippen LogP contribution in [0.1, 0.15) is 24.4 Å². The van der Waals surface area contributed by atoms with Crippen LogP contribution in [0.4, 0.5) is 0 Å². The van der Waals surface area contributed by atoms with Gasteiger partial charge in [-0.25, -0.2) is 0 Å². The molecular weight excluding hydrogens is 208 g/mol. The summed E-state index contributed by atoms with van der Waals surface area (Å²) in [6.07, 6.45) is 4.81. The van der Waals surface area contributed by atoms with Crippen LogP contribution in [0.3, 0.4) is 0 Å². The van der Waals surface area contributed by atoms with Gasteiger partial charge >= 0.3 is 0 Å². The Kier molecular flexibility index (Phi) is 2.67. The Hall–Kier alpha value is -1.28.